The van der Waals surface area contributed by atoms with Crippen molar-refractivity contribution < 1.29 is 19.0 Å². The summed E-state index contributed by atoms with van der Waals surface area (Å²) >= 11 is 0. The lowest BCUT2D eigenvalue weighted by atomic mass is 10.2. The van der Waals surface area contributed by atoms with Gasteiger partial charge >= 0.3 is 0 Å². The molecule has 8 heteroatoms. The topological polar surface area (TPSA) is 94.6 Å². The molecule has 2 N–H and O–H groups in total. The van der Waals surface area contributed by atoms with E-state index in [1.807, 2.05) is 6.92 Å². The molecule has 0 unspecified atom stereocenters. The van der Waals surface area contributed by atoms with Crippen LogP contribution in [0.25, 0.3) is 0 Å². The van der Waals surface area contributed by atoms with Crippen molar-refractivity contribution >= 4 is 17.5 Å². The Kier molecular flexibility index (Phi) is 6.81. The highest BCUT2D eigenvalue weighted by molar-refractivity contribution is 6.03. The van der Waals surface area contributed by atoms with E-state index >= 15 is 0 Å². The molecule has 0 aliphatic heterocycles. The van der Waals surface area contributed by atoms with Gasteiger partial charge in [0.25, 0.3) is 5.91 Å². The lowest BCUT2D eigenvalue weighted by Gasteiger charge is -2.15. The van der Waals surface area contributed by atoms with Crippen molar-refractivity contribution in [1.29, 1.82) is 0 Å². The molecule has 27 heavy (non-hydrogen) atoms. The summed E-state index contributed by atoms with van der Waals surface area (Å²) < 4.78 is 15.9. The fourth-order valence-electron chi connectivity index (χ4n) is 2.41. The van der Waals surface area contributed by atoms with E-state index in [4.69, 9.17) is 14.2 Å². The van der Waals surface area contributed by atoms with Gasteiger partial charge in [-0.3, -0.25) is 4.79 Å². The van der Waals surface area contributed by atoms with Gasteiger partial charge in [0.05, 0.1) is 21.3 Å². The lowest BCUT2D eigenvalue weighted by Crippen LogP contribution is -2.17. The Morgan fingerprint density at radius 2 is 1.67 bits per heavy atom. The molecular weight excluding hydrogens is 348 g/mol. The molecule has 0 spiro atoms. The number of hydrogen-bond donors (Lipinski definition) is 2. The first-order chi connectivity index (χ1) is 12.9. The molecule has 1 aromatic carbocycles. The summed E-state index contributed by atoms with van der Waals surface area (Å²) in [7, 11) is 4.56. The second kappa shape index (κ2) is 9.07. The van der Waals surface area contributed by atoms with Gasteiger partial charge in [-0.2, -0.15) is 0 Å². The molecule has 0 radical (unpaired) electrons. The molecule has 0 bridgehead atoms. The largest absolute Gasteiger partial charge is 0.493 e. The van der Waals surface area contributed by atoms with Gasteiger partial charge in [0.2, 0.25) is 11.7 Å². The minimum Gasteiger partial charge on any atom is -0.493 e. The van der Waals surface area contributed by atoms with Crippen LogP contribution in [0.4, 0.5) is 11.6 Å². The van der Waals surface area contributed by atoms with Gasteiger partial charge in [-0.25, -0.2) is 9.97 Å². The molecule has 0 aliphatic carbocycles. The van der Waals surface area contributed by atoms with Crippen LogP contribution in [0.1, 0.15) is 30.0 Å². The zero-order valence-corrected chi connectivity index (χ0v) is 16.5. The van der Waals surface area contributed by atoms with Crippen molar-refractivity contribution in [3.63, 3.8) is 0 Å². The fourth-order valence-corrected chi connectivity index (χ4v) is 2.41. The number of hydrogen-bond acceptors (Lipinski definition) is 7. The van der Waals surface area contributed by atoms with Crippen LogP contribution >= 0.6 is 0 Å². The Labute approximate surface area is 159 Å². The zero-order chi connectivity index (χ0) is 20.0. The smallest absolute Gasteiger partial charge is 0.274 e. The van der Waals surface area contributed by atoms with Crippen LogP contribution in [0, 0.1) is 12.8 Å². The van der Waals surface area contributed by atoms with E-state index in [-0.39, 0.29) is 11.6 Å². The molecule has 0 saturated heterocycles. The van der Waals surface area contributed by atoms with Crippen LogP contribution in [0.2, 0.25) is 0 Å². The number of carbonyl (C=O) groups is 1. The van der Waals surface area contributed by atoms with Gasteiger partial charge < -0.3 is 24.8 Å². The molecule has 0 saturated carbocycles. The van der Waals surface area contributed by atoms with Crippen molar-refractivity contribution in [3.8, 4) is 17.2 Å². The summed E-state index contributed by atoms with van der Waals surface area (Å²) in [5.74, 6) is 1.86. The Bertz CT molecular complexity index is 783. The first-order valence-electron chi connectivity index (χ1n) is 8.58. The maximum absolute atomic E-state index is 12.7. The van der Waals surface area contributed by atoms with Crippen LogP contribution in [0.15, 0.2) is 18.2 Å². The first-order valence-corrected chi connectivity index (χ1v) is 8.58. The summed E-state index contributed by atoms with van der Waals surface area (Å²) in [6, 6.07) is 4.95. The van der Waals surface area contributed by atoms with Crippen molar-refractivity contribution in [2.45, 2.75) is 20.8 Å². The van der Waals surface area contributed by atoms with Gasteiger partial charge in [0.1, 0.15) is 5.69 Å². The Morgan fingerprint density at radius 1 is 1.04 bits per heavy atom. The van der Waals surface area contributed by atoms with E-state index in [0.29, 0.717) is 40.5 Å². The lowest BCUT2D eigenvalue weighted by molar-refractivity contribution is 0.102. The van der Waals surface area contributed by atoms with Crippen LogP contribution in [0.5, 0.6) is 17.2 Å². The Morgan fingerprint density at radius 3 is 2.19 bits per heavy atom. The predicted molar refractivity (Wildman–Crippen MR) is 104 cm³/mol. The van der Waals surface area contributed by atoms with Gasteiger partial charge in [-0.1, -0.05) is 13.8 Å². The maximum Gasteiger partial charge on any atom is 0.274 e. The van der Waals surface area contributed by atoms with Crippen LogP contribution in [-0.4, -0.2) is 43.7 Å². The number of rotatable bonds is 8. The number of benzene rings is 1. The van der Waals surface area contributed by atoms with E-state index in [1.54, 1.807) is 18.2 Å². The quantitative estimate of drug-likeness (QED) is 0.733. The van der Waals surface area contributed by atoms with Crippen LogP contribution in [-0.2, 0) is 0 Å². The normalized spacial score (nSPS) is 10.5. The van der Waals surface area contributed by atoms with E-state index < -0.39 is 0 Å². The van der Waals surface area contributed by atoms with E-state index in [0.717, 1.165) is 6.54 Å². The number of methoxy groups -OCH3 is 3. The van der Waals surface area contributed by atoms with Crippen molar-refractivity contribution in [1.82, 2.24) is 9.97 Å². The van der Waals surface area contributed by atoms with E-state index in [9.17, 15) is 4.79 Å². The molecule has 1 heterocycles. The molecule has 0 atom stereocenters. The molecular formula is C19H26N4O4. The molecule has 8 nitrogen and oxygen atoms in total. The Balaban J connectivity index is 2.26. The standard InChI is InChI=1S/C19H26N4O4/c1-11(2)10-20-19-21-12(3)7-14(23-19)18(24)22-13-8-15(25-4)17(27-6)16(9-13)26-5/h7-9,11H,10H2,1-6H3,(H,22,24)(H,20,21,23). The third-order valence-corrected chi connectivity index (χ3v) is 3.68. The Hall–Kier alpha value is -3.03. The van der Waals surface area contributed by atoms with Crippen molar-refractivity contribution in [3.05, 3.63) is 29.6 Å². The highest BCUT2D eigenvalue weighted by atomic mass is 16.5. The average molecular weight is 374 g/mol. The summed E-state index contributed by atoms with van der Waals surface area (Å²) in [5.41, 5.74) is 1.47. The molecule has 0 fully saturated rings. The first kappa shape index (κ1) is 20.3. The number of carbonyl (C=O) groups excluding carboxylic acids is 1. The van der Waals surface area contributed by atoms with Gasteiger partial charge in [-0.15, -0.1) is 0 Å². The number of nitrogens with zero attached hydrogens (tertiary/aromatic N) is 2. The average Bonchev–Trinajstić information content (AvgIpc) is 2.64. The zero-order valence-electron chi connectivity index (χ0n) is 16.5. The number of ether oxygens (including phenoxy) is 3. The van der Waals surface area contributed by atoms with Gasteiger partial charge in [0, 0.05) is 30.1 Å². The van der Waals surface area contributed by atoms with E-state index in [2.05, 4.69) is 34.4 Å². The summed E-state index contributed by atoms with van der Waals surface area (Å²) in [6.45, 7) is 6.71. The second-order valence-electron chi connectivity index (χ2n) is 6.36. The van der Waals surface area contributed by atoms with E-state index in [1.165, 1.54) is 21.3 Å². The summed E-state index contributed by atoms with van der Waals surface area (Å²) in [4.78, 5) is 21.3. The van der Waals surface area contributed by atoms with Gasteiger partial charge in [0.15, 0.2) is 11.5 Å². The molecule has 2 rings (SSSR count). The van der Waals surface area contributed by atoms with Crippen molar-refractivity contribution in [2.24, 2.45) is 5.92 Å². The van der Waals surface area contributed by atoms with Crippen LogP contribution in [0.3, 0.4) is 0 Å². The summed E-state index contributed by atoms with van der Waals surface area (Å²) in [5, 5.41) is 5.94. The summed E-state index contributed by atoms with van der Waals surface area (Å²) in [6.07, 6.45) is 0. The highest BCUT2D eigenvalue weighted by Crippen LogP contribution is 2.40. The van der Waals surface area contributed by atoms with Gasteiger partial charge in [-0.05, 0) is 18.9 Å². The van der Waals surface area contributed by atoms with Crippen molar-refractivity contribution in [2.75, 3.05) is 38.5 Å². The molecule has 1 aromatic heterocycles. The fraction of sp³-hybridized carbons (Fsp3) is 0.421. The molecule has 2 aromatic rings. The predicted octanol–water partition coefficient (Wildman–Crippen LogP) is 3.13. The maximum atomic E-state index is 12.7. The molecule has 146 valence electrons. The highest BCUT2D eigenvalue weighted by Gasteiger charge is 2.16. The minimum absolute atomic E-state index is 0.266. The minimum atomic E-state index is -0.359. The second-order valence-corrected chi connectivity index (χ2v) is 6.36. The monoisotopic (exact) mass is 374 g/mol. The number of nitrogens with one attached hydrogen (secondary N) is 2. The number of anilines is 2. The third-order valence-electron chi connectivity index (χ3n) is 3.68. The third kappa shape index (κ3) is 5.22. The van der Waals surface area contributed by atoms with Crippen LogP contribution < -0.4 is 24.8 Å². The molecule has 1 amide bonds. The number of amides is 1. The SMILES string of the molecule is COc1cc(NC(=O)c2cc(C)nc(NCC(C)C)n2)cc(OC)c1OC. The molecule has 0 aliphatic rings. The number of aryl methyl sites for hydroxylation is 1. The number of aromatic nitrogens is 2.